The van der Waals surface area contributed by atoms with Crippen molar-refractivity contribution in [2.45, 2.75) is 6.92 Å². The zero-order chi connectivity index (χ0) is 16.1. The Morgan fingerprint density at radius 3 is 2.73 bits per heavy atom. The third kappa shape index (κ3) is 4.11. The second-order valence-electron chi connectivity index (χ2n) is 4.59. The number of nitrogens with one attached hydrogen (secondary N) is 1. The molecule has 0 heterocycles. The Labute approximate surface area is 132 Å². The summed E-state index contributed by atoms with van der Waals surface area (Å²) in [4.78, 5) is 11.9. The predicted octanol–water partition coefficient (Wildman–Crippen LogP) is 3.81. The number of hydrogen-bond donors (Lipinski definition) is 1. The van der Waals surface area contributed by atoms with Crippen LogP contribution in [-0.2, 0) is 4.79 Å². The van der Waals surface area contributed by atoms with E-state index in [0.29, 0.717) is 16.5 Å². The Morgan fingerprint density at radius 2 is 2.05 bits per heavy atom. The molecular formula is C16H15ClFNO3. The van der Waals surface area contributed by atoms with Crippen molar-refractivity contribution in [3.8, 4) is 11.5 Å². The molecule has 1 N–H and O–H groups in total. The summed E-state index contributed by atoms with van der Waals surface area (Å²) in [6, 6.07) is 8.99. The summed E-state index contributed by atoms with van der Waals surface area (Å²) in [6.07, 6.45) is 0. The maximum absolute atomic E-state index is 13.1. The van der Waals surface area contributed by atoms with E-state index in [2.05, 4.69) is 5.32 Å². The first-order valence-corrected chi connectivity index (χ1v) is 6.89. The monoisotopic (exact) mass is 323 g/mol. The van der Waals surface area contributed by atoms with Gasteiger partial charge in [-0.25, -0.2) is 4.39 Å². The van der Waals surface area contributed by atoms with Crippen molar-refractivity contribution in [2.24, 2.45) is 0 Å². The van der Waals surface area contributed by atoms with Crippen LogP contribution in [0, 0.1) is 12.7 Å². The molecule has 0 saturated carbocycles. The predicted molar refractivity (Wildman–Crippen MR) is 83.3 cm³/mol. The van der Waals surface area contributed by atoms with Crippen molar-refractivity contribution in [1.82, 2.24) is 0 Å². The Morgan fingerprint density at radius 1 is 1.27 bits per heavy atom. The molecule has 0 aliphatic heterocycles. The fourth-order valence-electron chi connectivity index (χ4n) is 1.81. The molecule has 0 spiro atoms. The number of hydrogen-bond acceptors (Lipinski definition) is 3. The van der Waals surface area contributed by atoms with E-state index in [9.17, 15) is 9.18 Å². The van der Waals surface area contributed by atoms with Gasteiger partial charge in [-0.1, -0.05) is 11.6 Å². The van der Waals surface area contributed by atoms with Crippen LogP contribution in [0.2, 0.25) is 5.02 Å². The number of ether oxygens (including phenoxy) is 2. The van der Waals surface area contributed by atoms with E-state index in [0.717, 1.165) is 5.56 Å². The Bertz CT molecular complexity index is 691. The highest BCUT2D eigenvalue weighted by molar-refractivity contribution is 6.31. The van der Waals surface area contributed by atoms with Crippen molar-refractivity contribution >= 4 is 23.2 Å². The normalized spacial score (nSPS) is 10.2. The number of halogens is 2. The van der Waals surface area contributed by atoms with Gasteiger partial charge in [0.25, 0.3) is 5.91 Å². The molecule has 116 valence electrons. The molecule has 6 heteroatoms. The lowest BCUT2D eigenvalue weighted by Gasteiger charge is -2.11. The number of aryl methyl sites for hydroxylation is 1. The van der Waals surface area contributed by atoms with Crippen LogP contribution in [0.4, 0.5) is 10.1 Å². The van der Waals surface area contributed by atoms with E-state index < -0.39 is 5.82 Å². The lowest BCUT2D eigenvalue weighted by atomic mass is 10.2. The average Bonchev–Trinajstić information content (AvgIpc) is 2.50. The van der Waals surface area contributed by atoms with Gasteiger partial charge in [0.15, 0.2) is 6.61 Å². The third-order valence-electron chi connectivity index (χ3n) is 2.94. The molecule has 0 atom stereocenters. The van der Waals surface area contributed by atoms with Crippen molar-refractivity contribution in [3.63, 3.8) is 0 Å². The molecule has 1 amide bonds. The van der Waals surface area contributed by atoms with Gasteiger partial charge in [-0.3, -0.25) is 4.79 Å². The minimum absolute atomic E-state index is 0.179. The topological polar surface area (TPSA) is 47.6 Å². The zero-order valence-electron chi connectivity index (χ0n) is 12.2. The molecule has 0 aliphatic rings. The first kappa shape index (κ1) is 16.1. The van der Waals surface area contributed by atoms with E-state index in [1.54, 1.807) is 18.2 Å². The van der Waals surface area contributed by atoms with E-state index in [4.69, 9.17) is 21.1 Å². The largest absolute Gasteiger partial charge is 0.494 e. The van der Waals surface area contributed by atoms with Crippen LogP contribution in [0.25, 0.3) is 0 Å². The minimum Gasteiger partial charge on any atom is -0.494 e. The summed E-state index contributed by atoms with van der Waals surface area (Å²) in [5.74, 6) is -0.0286. The molecule has 2 rings (SSSR count). The van der Waals surface area contributed by atoms with Crippen LogP contribution in [0.5, 0.6) is 11.5 Å². The minimum atomic E-state index is -0.442. The highest BCUT2D eigenvalue weighted by Crippen LogP contribution is 2.25. The second-order valence-corrected chi connectivity index (χ2v) is 5.00. The smallest absolute Gasteiger partial charge is 0.262 e. The highest BCUT2D eigenvalue weighted by Gasteiger charge is 2.09. The van der Waals surface area contributed by atoms with Crippen molar-refractivity contribution in [3.05, 3.63) is 52.8 Å². The summed E-state index contributed by atoms with van der Waals surface area (Å²) in [5.41, 5.74) is 1.24. The zero-order valence-corrected chi connectivity index (χ0v) is 12.9. The van der Waals surface area contributed by atoms with E-state index >= 15 is 0 Å². The SMILES string of the molecule is COc1cc(F)ccc1NC(=O)COc1ccc(Cl)c(C)c1. The van der Waals surface area contributed by atoms with E-state index in [1.165, 1.54) is 25.3 Å². The van der Waals surface area contributed by atoms with Crippen LogP contribution in [0.15, 0.2) is 36.4 Å². The summed E-state index contributed by atoms with van der Waals surface area (Å²) in [5, 5.41) is 3.24. The van der Waals surface area contributed by atoms with Crippen molar-refractivity contribution < 1.29 is 18.7 Å². The van der Waals surface area contributed by atoms with Crippen molar-refractivity contribution in [1.29, 1.82) is 0 Å². The molecule has 2 aromatic rings. The average molecular weight is 324 g/mol. The highest BCUT2D eigenvalue weighted by atomic mass is 35.5. The summed E-state index contributed by atoms with van der Waals surface area (Å²) >= 11 is 5.92. The van der Waals surface area contributed by atoms with Crippen LogP contribution in [-0.4, -0.2) is 19.6 Å². The van der Waals surface area contributed by atoms with Gasteiger partial charge >= 0.3 is 0 Å². The van der Waals surface area contributed by atoms with Gasteiger partial charge in [-0.2, -0.15) is 0 Å². The molecule has 0 radical (unpaired) electrons. The molecule has 0 fully saturated rings. The number of anilines is 1. The lowest BCUT2D eigenvalue weighted by molar-refractivity contribution is -0.118. The molecule has 0 aliphatic carbocycles. The Balaban J connectivity index is 1.97. The number of carbonyl (C=O) groups excluding carboxylic acids is 1. The molecule has 22 heavy (non-hydrogen) atoms. The Hall–Kier alpha value is -2.27. The Kier molecular flexibility index (Phi) is 5.22. The van der Waals surface area contributed by atoms with Crippen LogP contribution in [0.3, 0.4) is 0 Å². The maximum Gasteiger partial charge on any atom is 0.262 e. The summed E-state index contributed by atoms with van der Waals surface area (Å²) in [6.45, 7) is 1.67. The van der Waals surface area contributed by atoms with Crippen LogP contribution in [0.1, 0.15) is 5.56 Å². The second kappa shape index (κ2) is 7.13. The van der Waals surface area contributed by atoms with Gasteiger partial charge in [0.1, 0.15) is 17.3 Å². The quantitative estimate of drug-likeness (QED) is 0.910. The number of rotatable bonds is 5. The fraction of sp³-hybridized carbons (Fsp3) is 0.188. The summed E-state index contributed by atoms with van der Waals surface area (Å²) in [7, 11) is 1.40. The van der Waals surface area contributed by atoms with E-state index in [1.807, 2.05) is 6.92 Å². The number of methoxy groups -OCH3 is 1. The molecular weight excluding hydrogens is 309 g/mol. The van der Waals surface area contributed by atoms with Crippen LogP contribution >= 0.6 is 11.6 Å². The summed E-state index contributed by atoms with van der Waals surface area (Å²) < 4.78 is 23.5. The molecule has 0 bridgehead atoms. The van der Waals surface area contributed by atoms with Gasteiger partial charge in [-0.15, -0.1) is 0 Å². The van der Waals surface area contributed by atoms with Gasteiger partial charge < -0.3 is 14.8 Å². The van der Waals surface area contributed by atoms with Gasteiger partial charge in [-0.05, 0) is 42.8 Å². The standard InChI is InChI=1S/C16H15ClFNO3/c1-10-7-12(4-5-13(10)17)22-9-16(20)19-14-6-3-11(18)8-15(14)21-2/h3-8H,9H2,1-2H3,(H,19,20). The van der Waals surface area contributed by atoms with Gasteiger partial charge in [0.2, 0.25) is 0 Å². The first-order valence-electron chi connectivity index (χ1n) is 6.52. The molecule has 0 aromatic heterocycles. The number of amides is 1. The van der Waals surface area contributed by atoms with Gasteiger partial charge in [0, 0.05) is 11.1 Å². The third-order valence-corrected chi connectivity index (χ3v) is 3.36. The molecule has 2 aromatic carbocycles. The molecule has 4 nitrogen and oxygen atoms in total. The van der Waals surface area contributed by atoms with Gasteiger partial charge in [0.05, 0.1) is 12.8 Å². The van der Waals surface area contributed by atoms with E-state index in [-0.39, 0.29) is 18.3 Å². The lowest BCUT2D eigenvalue weighted by Crippen LogP contribution is -2.20. The maximum atomic E-state index is 13.1. The fourth-order valence-corrected chi connectivity index (χ4v) is 1.93. The number of benzene rings is 2. The first-order chi connectivity index (χ1) is 10.5. The molecule has 0 saturated heterocycles. The van der Waals surface area contributed by atoms with Crippen molar-refractivity contribution in [2.75, 3.05) is 19.0 Å². The molecule has 0 unspecified atom stereocenters. The van der Waals surface area contributed by atoms with Crippen LogP contribution < -0.4 is 14.8 Å². The number of carbonyl (C=O) groups is 1.